The molecule has 0 spiro atoms. The first-order chi connectivity index (χ1) is 13.0. The summed E-state index contributed by atoms with van der Waals surface area (Å²) in [5, 5.41) is 2.83. The Morgan fingerprint density at radius 3 is 2.37 bits per heavy atom. The summed E-state index contributed by atoms with van der Waals surface area (Å²) in [7, 11) is 3.92. The fourth-order valence-electron chi connectivity index (χ4n) is 2.28. The molecule has 1 amide bonds. The number of anilines is 1. The van der Waals surface area contributed by atoms with Crippen molar-refractivity contribution in [3.8, 4) is 5.75 Å². The van der Waals surface area contributed by atoms with Crippen LogP contribution < -0.4 is 10.1 Å². The molecule has 0 aromatic heterocycles. The third-order valence-electron chi connectivity index (χ3n) is 3.74. The van der Waals surface area contributed by atoms with Gasteiger partial charge < -0.3 is 19.7 Å². The Balaban J connectivity index is 2.01. The summed E-state index contributed by atoms with van der Waals surface area (Å²) in [6.07, 6.45) is 0.774. The lowest BCUT2D eigenvalue weighted by Crippen LogP contribution is -2.20. The van der Waals surface area contributed by atoms with Crippen LogP contribution in [0.2, 0.25) is 0 Å². The highest BCUT2D eigenvalue weighted by Gasteiger charge is 2.13. The predicted octanol–water partition coefficient (Wildman–Crippen LogP) is 3.45. The molecule has 0 bridgehead atoms. The van der Waals surface area contributed by atoms with Crippen molar-refractivity contribution in [2.24, 2.45) is 0 Å². The minimum Gasteiger partial charge on any atom is -0.491 e. The molecular formula is C21H26N2O4. The number of amides is 1. The van der Waals surface area contributed by atoms with E-state index in [0.717, 1.165) is 13.0 Å². The standard InChI is InChI=1S/C21H26N2O4/c1-4-14-27-21(25)16-9-11-17(12-10-16)22-20(24)18-7-5-6-8-19(18)26-15-13-23(2)3/h5-12H,4,13-15H2,1-3H3,(H,22,24). The van der Waals surface area contributed by atoms with Crippen LogP contribution in [0.15, 0.2) is 48.5 Å². The van der Waals surface area contributed by atoms with Gasteiger partial charge in [0, 0.05) is 12.2 Å². The summed E-state index contributed by atoms with van der Waals surface area (Å²) < 4.78 is 10.8. The highest BCUT2D eigenvalue weighted by atomic mass is 16.5. The van der Waals surface area contributed by atoms with E-state index in [4.69, 9.17) is 9.47 Å². The van der Waals surface area contributed by atoms with Gasteiger partial charge in [-0.3, -0.25) is 4.79 Å². The van der Waals surface area contributed by atoms with Crippen LogP contribution in [0.25, 0.3) is 0 Å². The highest BCUT2D eigenvalue weighted by Crippen LogP contribution is 2.20. The zero-order chi connectivity index (χ0) is 19.6. The number of para-hydroxylation sites is 1. The molecule has 0 unspecified atom stereocenters. The fraction of sp³-hybridized carbons (Fsp3) is 0.333. The van der Waals surface area contributed by atoms with Crippen LogP contribution >= 0.6 is 0 Å². The molecule has 2 rings (SSSR count). The SMILES string of the molecule is CCCOC(=O)c1ccc(NC(=O)c2ccccc2OCCN(C)C)cc1. The smallest absolute Gasteiger partial charge is 0.338 e. The molecule has 0 heterocycles. The molecular weight excluding hydrogens is 344 g/mol. The average Bonchev–Trinajstić information content (AvgIpc) is 2.66. The van der Waals surface area contributed by atoms with Gasteiger partial charge in [0.25, 0.3) is 5.91 Å². The number of hydrogen-bond donors (Lipinski definition) is 1. The maximum atomic E-state index is 12.6. The van der Waals surface area contributed by atoms with Gasteiger partial charge >= 0.3 is 5.97 Å². The lowest BCUT2D eigenvalue weighted by molar-refractivity contribution is 0.0505. The summed E-state index contributed by atoms with van der Waals surface area (Å²) in [6, 6.07) is 13.7. The van der Waals surface area contributed by atoms with E-state index < -0.39 is 0 Å². The number of benzene rings is 2. The molecule has 0 aliphatic rings. The van der Waals surface area contributed by atoms with Gasteiger partial charge in [0.05, 0.1) is 17.7 Å². The Hall–Kier alpha value is -2.86. The van der Waals surface area contributed by atoms with Gasteiger partial charge in [-0.05, 0) is 56.9 Å². The van der Waals surface area contributed by atoms with E-state index in [1.54, 1.807) is 42.5 Å². The van der Waals surface area contributed by atoms with Crippen LogP contribution in [0.5, 0.6) is 5.75 Å². The van der Waals surface area contributed by atoms with Crippen LogP contribution in [-0.4, -0.2) is 50.6 Å². The van der Waals surface area contributed by atoms with Crippen LogP contribution in [-0.2, 0) is 4.74 Å². The minimum atomic E-state index is -0.366. The molecule has 1 N–H and O–H groups in total. The normalized spacial score (nSPS) is 10.5. The van der Waals surface area contributed by atoms with Crippen molar-refractivity contribution in [2.75, 3.05) is 39.2 Å². The summed E-state index contributed by atoms with van der Waals surface area (Å²) >= 11 is 0. The van der Waals surface area contributed by atoms with Crippen molar-refractivity contribution >= 4 is 17.6 Å². The Bertz CT molecular complexity index is 757. The lowest BCUT2D eigenvalue weighted by atomic mass is 10.1. The summed E-state index contributed by atoms with van der Waals surface area (Å²) in [6.45, 7) is 3.58. The lowest BCUT2D eigenvalue weighted by Gasteiger charge is -2.14. The molecule has 0 atom stereocenters. The van der Waals surface area contributed by atoms with Gasteiger partial charge in [-0.2, -0.15) is 0 Å². The number of hydrogen-bond acceptors (Lipinski definition) is 5. The third kappa shape index (κ3) is 6.42. The Kier molecular flexibility index (Phi) is 7.82. The van der Waals surface area contributed by atoms with Crippen molar-refractivity contribution in [1.82, 2.24) is 4.90 Å². The molecule has 0 saturated heterocycles. The molecule has 2 aromatic rings. The van der Waals surface area contributed by atoms with E-state index >= 15 is 0 Å². The first-order valence-corrected chi connectivity index (χ1v) is 8.96. The Morgan fingerprint density at radius 2 is 1.70 bits per heavy atom. The average molecular weight is 370 g/mol. The van der Waals surface area contributed by atoms with E-state index in [9.17, 15) is 9.59 Å². The van der Waals surface area contributed by atoms with Gasteiger partial charge in [-0.25, -0.2) is 4.79 Å². The molecule has 0 radical (unpaired) electrons. The second-order valence-corrected chi connectivity index (χ2v) is 6.32. The maximum absolute atomic E-state index is 12.6. The molecule has 27 heavy (non-hydrogen) atoms. The van der Waals surface area contributed by atoms with Crippen LogP contribution in [0.3, 0.4) is 0 Å². The number of rotatable bonds is 9. The number of likely N-dealkylation sites (N-methyl/N-ethyl adjacent to an activating group) is 1. The third-order valence-corrected chi connectivity index (χ3v) is 3.74. The number of nitrogens with zero attached hydrogens (tertiary/aromatic N) is 1. The quantitative estimate of drug-likeness (QED) is 0.685. The predicted molar refractivity (Wildman–Crippen MR) is 105 cm³/mol. The fourth-order valence-corrected chi connectivity index (χ4v) is 2.28. The number of carbonyl (C=O) groups excluding carboxylic acids is 2. The molecule has 2 aromatic carbocycles. The van der Waals surface area contributed by atoms with Crippen molar-refractivity contribution in [3.05, 3.63) is 59.7 Å². The molecule has 0 aliphatic carbocycles. The molecule has 144 valence electrons. The second kappa shape index (κ2) is 10.3. The summed E-state index contributed by atoms with van der Waals surface area (Å²) in [5.41, 5.74) is 1.51. The van der Waals surface area contributed by atoms with E-state index in [1.807, 2.05) is 32.0 Å². The summed E-state index contributed by atoms with van der Waals surface area (Å²) in [5.74, 6) is -0.0947. The minimum absolute atomic E-state index is 0.267. The van der Waals surface area contributed by atoms with Crippen molar-refractivity contribution in [2.45, 2.75) is 13.3 Å². The zero-order valence-corrected chi connectivity index (χ0v) is 16.0. The first-order valence-electron chi connectivity index (χ1n) is 8.96. The van der Waals surface area contributed by atoms with E-state index in [2.05, 4.69) is 5.32 Å². The number of esters is 1. The first kappa shape index (κ1) is 20.5. The zero-order valence-electron chi connectivity index (χ0n) is 16.0. The number of ether oxygens (including phenoxy) is 2. The van der Waals surface area contributed by atoms with Crippen molar-refractivity contribution in [1.29, 1.82) is 0 Å². The van der Waals surface area contributed by atoms with Crippen molar-refractivity contribution < 1.29 is 19.1 Å². The molecule has 0 saturated carbocycles. The maximum Gasteiger partial charge on any atom is 0.338 e. The van der Waals surface area contributed by atoms with Gasteiger partial charge in [0.1, 0.15) is 12.4 Å². The van der Waals surface area contributed by atoms with Crippen molar-refractivity contribution in [3.63, 3.8) is 0 Å². The van der Waals surface area contributed by atoms with E-state index in [1.165, 1.54) is 0 Å². The molecule has 0 fully saturated rings. The monoisotopic (exact) mass is 370 g/mol. The Labute approximate surface area is 160 Å². The molecule has 6 nitrogen and oxygen atoms in total. The van der Waals surface area contributed by atoms with Gasteiger partial charge in [-0.15, -0.1) is 0 Å². The largest absolute Gasteiger partial charge is 0.491 e. The van der Waals surface area contributed by atoms with Crippen LogP contribution in [0, 0.1) is 0 Å². The van der Waals surface area contributed by atoms with E-state index in [-0.39, 0.29) is 11.9 Å². The van der Waals surface area contributed by atoms with E-state index in [0.29, 0.717) is 35.8 Å². The number of nitrogens with one attached hydrogen (secondary N) is 1. The van der Waals surface area contributed by atoms with Gasteiger partial charge in [-0.1, -0.05) is 19.1 Å². The number of carbonyl (C=O) groups is 2. The second-order valence-electron chi connectivity index (χ2n) is 6.32. The topological polar surface area (TPSA) is 67.9 Å². The van der Waals surface area contributed by atoms with Gasteiger partial charge in [0.15, 0.2) is 0 Å². The van der Waals surface area contributed by atoms with Crippen LogP contribution in [0.4, 0.5) is 5.69 Å². The Morgan fingerprint density at radius 1 is 1.00 bits per heavy atom. The molecule has 6 heteroatoms. The summed E-state index contributed by atoms with van der Waals surface area (Å²) in [4.78, 5) is 26.4. The highest BCUT2D eigenvalue weighted by molar-refractivity contribution is 6.06. The van der Waals surface area contributed by atoms with Crippen LogP contribution in [0.1, 0.15) is 34.1 Å². The van der Waals surface area contributed by atoms with Gasteiger partial charge in [0.2, 0.25) is 0 Å². The molecule has 0 aliphatic heterocycles.